The molecule has 0 saturated carbocycles. The smallest absolute Gasteiger partial charge is 0.187 e. The maximum atomic E-state index is 6.59. The monoisotopic (exact) mass is 453 g/mol. The van der Waals surface area contributed by atoms with E-state index in [1.165, 1.54) is 0 Å². The van der Waals surface area contributed by atoms with Crippen LogP contribution in [0.4, 0.5) is 0 Å². The van der Waals surface area contributed by atoms with Crippen LogP contribution in [0.25, 0.3) is 0 Å². The Morgan fingerprint density at radius 3 is 1.45 bits per heavy atom. The van der Waals surface area contributed by atoms with Crippen molar-refractivity contribution in [3.8, 4) is 0 Å². The fraction of sp³-hybridized carbons (Fsp3) is 1.00. The summed E-state index contributed by atoms with van der Waals surface area (Å²) in [5.74, 6) is 0. The van der Waals surface area contributed by atoms with Crippen molar-refractivity contribution in [2.75, 3.05) is 84.8 Å². The summed E-state index contributed by atoms with van der Waals surface area (Å²) < 4.78 is 28.4. The van der Waals surface area contributed by atoms with Crippen molar-refractivity contribution in [1.29, 1.82) is 0 Å². The average Bonchev–Trinajstić information content (AvgIpc) is 2.64. The van der Waals surface area contributed by atoms with E-state index >= 15 is 0 Å². The molecule has 0 aromatic heterocycles. The average molecular weight is 454 g/mol. The van der Waals surface area contributed by atoms with Crippen molar-refractivity contribution in [3.63, 3.8) is 0 Å². The summed E-state index contributed by atoms with van der Waals surface area (Å²) in [6.45, 7) is 18.8. The predicted octanol–water partition coefficient (Wildman–Crippen LogP) is 1.11. The lowest BCUT2D eigenvalue weighted by atomic mass is 10.5. The minimum Gasteiger partial charge on any atom is -0.454 e. The zero-order chi connectivity index (χ0) is 21.8. The molecule has 29 heavy (non-hydrogen) atoms. The summed E-state index contributed by atoms with van der Waals surface area (Å²) >= 11 is 0. The van der Waals surface area contributed by atoms with E-state index in [2.05, 4.69) is 43.7 Å². The SMILES string of the molecule is CCCOCCOCCNC[Si](C)(C)O[Si](C)(C)CNCCOCCOCCN. The molecule has 0 aromatic carbocycles. The Hall–Kier alpha value is 0.114. The normalized spacial score (nSPS) is 12.6. The van der Waals surface area contributed by atoms with Crippen LogP contribution in [0.3, 0.4) is 0 Å². The zero-order valence-corrected chi connectivity index (χ0v) is 21.5. The summed E-state index contributed by atoms with van der Waals surface area (Å²) in [5.41, 5.74) is 5.36. The minimum atomic E-state index is -1.75. The van der Waals surface area contributed by atoms with Gasteiger partial charge >= 0.3 is 0 Å². The third-order valence-corrected chi connectivity index (χ3v) is 10.5. The van der Waals surface area contributed by atoms with Gasteiger partial charge in [0.05, 0.1) is 46.2 Å². The molecule has 0 spiro atoms. The molecule has 0 atom stereocenters. The highest BCUT2D eigenvalue weighted by molar-refractivity contribution is 6.85. The first kappa shape index (κ1) is 29.1. The van der Waals surface area contributed by atoms with E-state index in [0.717, 1.165) is 38.5 Å². The van der Waals surface area contributed by atoms with E-state index in [-0.39, 0.29) is 0 Å². The number of ether oxygens (including phenoxy) is 4. The summed E-state index contributed by atoms with van der Waals surface area (Å²) in [5, 5.41) is 6.96. The van der Waals surface area contributed by atoms with E-state index in [1.807, 2.05) is 0 Å². The van der Waals surface area contributed by atoms with Crippen molar-refractivity contribution < 1.29 is 23.1 Å². The fourth-order valence-electron chi connectivity index (χ4n) is 2.76. The van der Waals surface area contributed by atoms with E-state index in [9.17, 15) is 0 Å². The molecular weight excluding hydrogens is 406 g/mol. The molecule has 0 aromatic rings. The number of nitrogens with two attached hydrogens (primary N) is 1. The Kier molecular flexibility index (Phi) is 18.9. The van der Waals surface area contributed by atoms with Gasteiger partial charge in [-0.3, -0.25) is 0 Å². The van der Waals surface area contributed by atoms with Crippen molar-refractivity contribution in [3.05, 3.63) is 0 Å². The van der Waals surface area contributed by atoms with Gasteiger partial charge in [0.1, 0.15) is 0 Å². The summed E-state index contributed by atoms with van der Waals surface area (Å²) in [6, 6.07) is 0. The van der Waals surface area contributed by atoms with Crippen LogP contribution in [0.5, 0.6) is 0 Å². The second kappa shape index (κ2) is 18.8. The molecule has 0 aliphatic heterocycles. The molecule has 8 nitrogen and oxygen atoms in total. The maximum absolute atomic E-state index is 6.59. The van der Waals surface area contributed by atoms with Gasteiger partial charge in [-0.15, -0.1) is 0 Å². The molecule has 176 valence electrons. The van der Waals surface area contributed by atoms with E-state index in [0.29, 0.717) is 52.8 Å². The third-order valence-electron chi connectivity index (χ3n) is 3.86. The molecule has 0 heterocycles. The van der Waals surface area contributed by atoms with Crippen molar-refractivity contribution >= 4 is 16.6 Å². The Labute approximate surface area is 180 Å². The molecule has 0 fully saturated rings. The second-order valence-corrected chi connectivity index (χ2v) is 16.8. The van der Waals surface area contributed by atoms with Gasteiger partial charge in [0, 0.05) is 38.6 Å². The Morgan fingerprint density at radius 1 is 0.621 bits per heavy atom. The molecule has 0 amide bonds. The van der Waals surface area contributed by atoms with Gasteiger partial charge in [0.2, 0.25) is 0 Å². The fourth-order valence-corrected chi connectivity index (χ4v) is 10.9. The first-order valence-electron chi connectivity index (χ1n) is 11.0. The van der Waals surface area contributed by atoms with Gasteiger partial charge in [-0.2, -0.15) is 0 Å². The van der Waals surface area contributed by atoms with E-state index in [1.54, 1.807) is 0 Å². The van der Waals surface area contributed by atoms with E-state index < -0.39 is 16.6 Å². The number of hydrogen-bond acceptors (Lipinski definition) is 8. The zero-order valence-electron chi connectivity index (χ0n) is 19.5. The van der Waals surface area contributed by atoms with Gasteiger partial charge in [0.25, 0.3) is 0 Å². The molecule has 0 saturated heterocycles. The molecule has 4 N–H and O–H groups in total. The first-order chi connectivity index (χ1) is 13.8. The highest BCUT2D eigenvalue weighted by Crippen LogP contribution is 2.13. The standard InChI is InChI=1S/C19H47N3O5Si2/c1-6-10-23-14-16-25-12-8-21-18-28(2,3)27-29(4,5)19-22-9-13-26-17-15-24-11-7-20/h21-22H,6-20H2,1-5H3. The summed E-state index contributed by atoms with van der Waals surface area (Å²) in [4.78, 5) is 0. The minimum absolute atomic E-state index is 0.554. The Bertz CT molecular complexity index is 335. The first-order valence-corrected chi connectivity index (χ1v) is 17.2. The number of nitrogens with one attached hydrogen (secondary N) is 2. The topological polar surface area (TPSA) is 96.2 Å². The van der Waals surface area contributed by atoms with Gasteiger partial charge in [-0.1, -0.05) is 6.92 Å². The van der Waals surface area contributed by atoms with Gasteiger partial charge in [0.15, 0.2) is 16.6 Å². The molecule has 0 aliphatic carbocycles. The maximum Gasteiger partial charge on any atom is 0.187 e. The lowest BCUT2D eigenvalue weighted by Gasteiger charge is -2.34. The van der Waals surface area contributed by atoms with Crippen molar-refractivity contribution in [2.45, 2.75) is 39.5 Å². The van der Waals surface area contributed by atoms with Crippen LogP contribution >= 0.6 is 0 Å². The van der Waals surface area contributed by atoms with Crippen molar-refractivity contribution in [1.82, 2.24) is 10.6 Å². The van der Waals surface area contributed by atoms with Gasteiger partial charge in [-0.25, -0.2) is 0 Å². The molecule has 0 aliphatic rings. The molecule has 0 radical (unpaired) electrons. The molecule has 0 bridgehead atoms. The lowest BCUT2D eigenvalue weighted by Crippen LogP contribution is -2.55. The van der Waals surface area contributed by atoms with Crippen LogP contribution in [-0.4, -0.2) is 101 Å². The third kappa shape index (κ3) is 21.1. The summed E-state index contributed by atoms with van der Waals surface area (Å²) in [7, 11) is -3.50. The highest BCUT2D eigenvalue weighted by Gasteiger charge is 2.32. The van der Waals surface area contributed by atoms with Crippen LogP contribution in [0.15, 0.2) is 0 Å². The predicted molar refractivity (Wildman–Crippen MR) is 124 cm³/mol. The second-order valence-electron chi connectivity index (χ2n) is 8.21. The Balaban J connectivity index is 3.69. The van der Waals surface area contributed by atoms with Crippen LogP contribution in [0, 0.1) is 0 Å². The highest BCUT2D eigenvalue weighted by atomic mass is 28.4. The van der Waals surface area contributed by atoms with Crippen LogP contribution in [-0.2, 0) is 23.1 Å². The quantitative estimate of drug-likeness (QED) is 0.166. The van der Waals surface area contributed by atoms with E-state index in [4.69, 9.17) is 28.8 Å². The molecule has 10 heteroatoms. The molecule has 0 unspecified atom stereocenters. The number of hydrogen-bond donors (Lipinski definition) is 3. The van der Waals surface area contributed by atoms with Crippen LogP contribution in [0.1, 0.15) is 13.3 Å². The lowest BCUT2D eigenvalue weighted by molar-refractivity contribution is 0.0493. The Morgan fingerprint density at radius 2 is 1.03 bits per heavy atom. The largest absolute Gasteiger partial charge is 0.454 e. The number of rotatable bonds is 22. The summed E-state index contributed by atoms with van der Waals surface area (Å²) in [6.07, 6.45) is 2.91. The van der Waals surface area contributed by atoms with Gasteiger partial charge < -0.3 is 39.4 Å². The molecular formula is C19H47N3O5Si2. The van der Waals surface area contributed by atoms with Crippen molar-refractivity contribution in [2.24, 2.45) is 5.73 Å². The van der Waals surface area contributed by atoms with Crippen LogP contribution < -0.4 is 16.4 Å². The van der Waals surface area contributed by atoms with Gasteiger partial charge in [-0.05, 0) is 32.6 Å². The molecule has 0 rings (SSSR count). The van der Waals surface area contributed by atoms with Crippen LogP contribution in [0.2, 0.25) is 26.2 Å².